The maximum atomic E-state index is 13.9. The van der Waals surface area contributed by atoms with Crippen molar-refractivity contribution in [3.63, 3.8) is 0 Å². The number of hydrogen-bond acceptors (Lipinski definition) is 6. The van der Waals surface area contributed by atoms with Crippen LogP contribution in [0.1, 0.15) is 81.4 Å². The lowest BCUT2D eigenvalue weighted by atomic mass is 9.87. The highest BCUT2D eigenvalue weighted by Gasteiger charge is 2.42. The number of rotatable bonds is 9. The minimum Gasteiger partial charge on any atom is -0.494 e. The van der Waals surface area contributed by atoms with E-state index in [0.29, 0.717) is 52.4 Å². The van der Waals surface area contributed by atoms with Crippen LogP contribution in [0, 0.1) is 17.3 Å². The van der Waals surface area contributed by atoms with Crippen LogP contribution >= 0.6 is 0 Å². The van der Waals surface area contributed by atoms with Gasteiger partial charge in [0.25, 0.3) is 5.91 Å². The van der Waals surface area contributed by atoms with Gasteiger partial charge in [-0.25, -0.2) is 9.97 Å². The summed E-state index contributed by atoms with van der Waals surface area (Å²) in [6.07, 6.45) is -0.501. The highest BCUT2D eigenvalue weighted by atomic mass is 19.4. The number of carbonyl (C=O) groups is 2. The molecule has 2 saturated carbocycles. The number of nitrogens with two attached hydrogens (primary N) is 1. The summed E-state index contributed by atoms with van der Waals surface area (Å²) in [7, 11) is 3.52. The Bertz CT molecular complexity index is 1940. The second-order valence-corrected chi connectivity index (χ2v) is 15.0. The van der Waals surface area contributed by atoms with Crippen LogP contribution in [0.25, 0.3) is 33.6 Å². The predicted octanol–water partition coefficient (Wildman–Crippen LogP) is 6.12. The van der Waals surface area contributed by atoms with Gasteiger partial charge in [-0.05, 0) is 81.2 Å². The van der Waals surface area contributed by atoms with E-state index < -0.39 is 30.0 Å². The number of carbonyl (C=O) groups excluding carboxylic acids is 2. The first kappa shape index (κ1) is 33.4. The lowest BCUT2D eigenvalue weighted by Gasteiger charge is -2.37. The largest absolute Gasteiger partial charge is 0.494 e. The maximum Gasteiger partial charge on any atom is 0.390 e. The summed E-state index contributed by atoms with van der Waals surface area (Å²) in [5.74, 6) is 1.46. The number of aryl methyl sites for hydroxylation is 1. The van der Waals surface area contributed by atoms with Gasteiger partial charge in [0.05, 0.1) is 41.9 Å². The number of aromatic nitrogens is 4. The van der Waals surface area contributed by atoms with Crippen LogP contribution in [0.15, 0.2) is 30.3 Å². The van der Waals surface area contributed by atoms with Gasteiger partial charge < -0.3 is 29.8 Å². The monoisotopic (exact) mass is 679 g/mol. The van der Waals surface area contributed by atoms with Crippen molar-refractivity contribution in [3.8, 4) is 17.3 Å². The number of methoxy groups -OCH3 is 1. The molecule has 1 aliphatic heterocycles. The maximum absolute atomic E-state index is 13.9. The zero-order chi connectivity index (χ0) is 35.0. The standard InChI is InChI=1S/C36H44F3N7O3/c1-19(41-34(48)35(2,3)18-36(37,38)39)26-11-9-22-14-28(46(31(22)42-26)16-20-6-7-20)32-43-27-13-23(15-29(49-5)30(27)44(32)4)33(47)45-17-25(40)21-8-10-24(45)12-21/h9,11,13-15,19-21,24-25H,6-8,10,12,16-18,40H2,1-5H3,(H,41,48)/t19-,21+,24-,25+/m1/s1. The third-order valence-electron chi connectivity index (χ3n) is 10.7. The number of fused-ring (bicyclic) bond motifs is 4. The number of nitrogens with zero attached hydrogens (tertiary/aromatic N) is 5. The van der Waals surface area contributed by atoms with E-state index in [2.05, 4.69) is 9.88 Å². The first-order valence-corrected chi connectivity index (χ1v) is 17.1. The highest BCUT2D eigenvalue weighted by molar-refractivity contribution is 6.00. The molecule has 4 heterocycles. The third-order valence-corrected chi connectivity index (χ3v) is 10.7. The first-order valence-electron chi connectivity index (χ1n) is 17.1. The van der Waals surface area contributed by atoms with Gasteiger partial charge in [-0.2, -0.15) is 13.2 Å². The fourth-order valence-electron chi connectivity index (χ4n) is 7.78. The topological polar surface area (TPSA) is 120 Å². The number of pyridine rings is 1. The summed E-state index contributed by atoms with van der Waals surface area (Å²) in [5, 5.41) is 3.62. The number of likely N-dealkylation sites (tertiary alicyclic amines) is 1. The van der Waals surface area contributed by atoms with Gasteiger partial charge in [0.2, 0.25) is 5.91 Å². The zero-order valence-corrected chi connectivity index (χ0v) is 28.6. The molecule has 262 valence electrons. The Kier molecular flexibility index (Phi) is 8.19. The van der Waals surface area contributed by atoms with Crippen molar-refractivity contribution >= 4 is 33.9 Å². The number of amides is 2. The van der Waals surface area contributed by atoms with E-state index in [0.717, 1.165) is 55.2 Å². The van der Waals surface area contributed by atoms with Gasteiger partial charge in [-0.1, -0.05) is 13.8 Å². The summed E-state index contributed by atoms with van der Waals surface area (Å²) >= 11 is 0. The van der Waals surface area contributed by atoms with Gasteiger partial charge in [-0.15, -0.1) is 0 Å². The molecular weight excluding hydrogens is 635 g/mol. The number of hydrogen-bond donors (Lipinski definition) is 2. The average Bonchev–Trinajstić information content (AvgIpc) is 3.50. The van der Waals surface area contributed by atoms with Crippen LogP contribution in [0.3, 0.4) is 0 Å². The molecule has 49 heavy (non-hydrogen) atoms. The Morgan fingerprint density at radius 1 is 1.10 bits per heavy atom. The smallest absolute Gasteiger partial charge is 0.390 e. The molecule has 2 amide bonds. The van der Waals surface area contributed by atoms with E-state index >= 15 is 0 Å². The Labute approximate surface area is 283 Å². The van der Waals surface area contributed by atoms with Crippen LogP contribution in [0.5, 0.6) is 5.75 Å². The second kappa shape index (κ2) is 12.0. The molecule has 2 bridgehead atoms. The molecule has 0 spiro atoms. The van der Waals surface area contributed by atoms with Crippen LogP contribution in [-0.2, 0) is 18.4 Å². The first-order chi connectivity index (χ1) is 23.1. The van der Waals surface area contributed by atoms with Crippen molar-refractivity contribution in [1.82, 2.24) is 29.3 Å². The van der Waals surface area contributed by atoms with Crippen molar-refractivity contribution in [3.05, 3.63) is 41.6 Å². The van der Waals surface area contributed by atoms with Gasteiger partial charge in [0.1, 0.15) is 16.9 Å². The van der Waals surface area contributed by atoms with E-state index in [1.54, 1.807) is 26.2 Å². The van der Waals surface area contributed by atoms with E-state index in [4.69, 9.17) is 20.4 Å². The molecule has 1 saturated heterocycles. The molecule has 3 N–H and O–H groups in total. The zero-order valence-electron chi connectivity index (χ0n) is 28.6. The van der Waals surface area contributed by atoms with Gasteiger partial charge in [-0.3, -0.25) is 9.59 Å². The third kappa shape index (κ3) is 6.26. The summed E-state index contributed by atoms with van der Waals surface area (Å²) < 4.78 is 49.3. The SMILES string of the molecule is COc1cc(C(=O)N2C[C@H](N)[C@H]3CC[C@@H]2C3)cc2nc(-c3cc4ccc([C@@H](C)NC(=O)C(C)(C)CC(F)(F)F)nc4n3CC3CC3)n(C)c12. The second-order valence-electron chi connectivity index (χ2n) is 15.0. The van der Waals surface area contributed by atoms with Crippen molar-refractivity contribution in [1.29, 1.82) is 0 Å². The molecule has 3 fully saturated rings. The molecule has 3 aliphatic rings. The van der Waals surface area contributed by atoms with E-state index in [9.17, 15) is 22.8 Å². The molecule has 3 aromatic heterocycles. The average molecular weight is 680 g/mol. The fourth-order valence-corrected chi connectivity index (χ4v) is 7.78. The highest BCUT2D eigenvalue weighted by Crippen LogP contribution is 2.40. The van der Waals surface area contributed by atoms with Crippen LogP contribution < -0.4 is 15.8 Å². The molecular formula is C36H44F3N7O3. The van der Waals surface area contributed by atoms with Gasteiger partial charge in [0.15, 0.2) is 5.82 Å². The number of halogens is 3. The number of alkyl halides is 3. The predicted molar refractivity (Wildman–Crippen MR) is 180 cm³/mol. The number of benzene rings is 1. The molecule has 13 heteroatoms. The van der Waals surface area contributed by atoms with Crippen molar-refractivity contribution in [2.45, 2.75) is 90.1 Å². The van der Waals surface area contributed by atoms with Crippen LogP contribution in [0.4, 0.5) is 13.2 Å². The molecule has 1 aromatic carbocycles. The van der Waals surface area contributed by atoms with Crippen LogP contribution in [-0.4, -0.2) is 67.7 Å². The molecule has 2 aliphatic carbocycles. The Morgan fingerprint density at radius 2 is 1.86 bits per heavy atom. The Morgan fingerprint density at radius 3 is 2.55 bits per heavy atom. The van der Waals surface area contributed by atoms with Gasteiger partial charge in [0, 0.05) is 43.2 Å². The van der Waals surface area contributed by atoms with Crippen molar-refractivity contribution in [2.75, 3.05) is 13.7 Å². The number of nitrogens with one attached hydrogen (secondary N) is 1. The molecule has 4 aromatic rings. The number of imidazole rings is 1. The minimum absolute atomic E-state index is 0.0159. The lowest BCUT2D eigenvalue weighted by molar-refractivity contribution is -0.165. The summed E-state index contributed by atoms with van der Waals surface area (Å²) in [6.45, 7) is 5.58. The van der Waals surface area contributed by atoms with E-state index in [1.165, 1.54) is 13.8 Å². The number of piperidine rings is 1. The molecule has 4 atom stereocenters. The van der Waals surface area contributed by atoms with E-state index in [-0.39, 0.29) is 18.0 Å². The van der Waals surface area contributed by atoms with Crippen LogP contribution in [0.2, 0.25) is 0 Å². The van der Waals surface area contributed by atoms with Crippen molar-refractivity contribution < 1.29 is 27.5 Å². The summed E-state index contributed by atoms with van der Waals surface area (Å²) in [4.78, 5) is 38.7. The lowest BCUT2D eigenvalue weighted by Crippen LogP contribution is -2.51. The van der Waals surface area contributed by atoms with E-state index in [1.807, 2.05) is 34.7 Å². The Balaban J connectivity index is 1.24. The number of ether oxygens (including phenoxy) is 1. The Hall–Kier alpha value is -4.13. The fraction of sp³-hybridized carbons (Fsp3) is 0.556. The molecule has 0 radical (unpaired) electrons. The normalized spacial score (nSPS) is 21.8. The molecule has 10 nitrogen and oxygen atoms in total. The summed E-state index contributed by atoms with van der Waals surface area (Å²) in [5.41, 5.74) is 8.83. The molecule has 0 unspecified atom stereocenters. The van der Waals surface area contributed by atoms with Crippen molar-refractivity contribution in [2.24, 2.45) is 30.0 Å². The summed E-state index contributed by atoms with van der Waals surface area (Å²) in [6, 6.07) is 8.96. The van der Waals surface area contributed by atoms with Gasteiger partial charge >= 0.3 is 6.18 Å². The molecule has 7 rings (SSSR count). The quantitative estimate of drug-likeness (QED) is 0.220. The minimum atomic E-state index is -4.46.